The molecule has 0 spiro atoms. The molecule has 0 fully saturated rings. The Labute approximate surface area is 125 Å². The number of nitrogens with zero attached hydrogens (tertiary/aromatic N) is 2. The molecular formula is C13H15N5O2S. The minimum Gasteiger partial charge on any atom is -0.334 e. The lowest BCUT2D eigenvalue weighted by Gasteiger charge is -2.10. The molecule has 110 valence electrons. The maximum Gasteiger partial charge on any atom is 0.321 e. The number of amides is 3. The van der Waals surface area contributed by atoms with Crippen LogP contribution in [0.15, 0.2) is 41.8 Å². The van der Waals surface area contributed by atoms with E-state index in [-0.39, 0.29) is 5.91 Å². The largest absolute Gasteiger partial charge is 0.334 e. The van der Waals surface area contributed by atoms with Gasteiger partial charge in [0.05, 0.1) is 5.25 Å². The van der Waals surface area contributed by atoms with Crippen LogP contribution in [0, 0.1) is 0 Å². The Hall–Kier alpha value is -2.35. The third-order valence-electron chi connectivity index (χ3n) is 2.58. The zero-order valence-corrected chi connectivity index (χ0v) is 12.2. The van der Waals surface area contributed by atoms with Gasteiger partial charge in [-0.15, -0.1) is 0 Å². The molecule has 7 nitrogen and oxygen atoms in total. The standard InChI is InChI=1S/C13H15N5O2S/c1-9(21-13-15-8-16-18-13)11(19)17-12(20)14-7-10-5-3-2-4-6-10/h2-6,8-9H,7H2,1H3,(H,15,16,18)(H2,14,17,19,20). The summed E-state index contributed by atoms with van der Waals surface area (Å²) in [6.07, 6.45) is 1.36. The molecule has 1 heterocycles. The second-order valence-corrected chi connectivity index (χ2v) is 5.54. The SMILES string of the molecule is CC(Sc1ncn[nH]1)C(=O)NC(=O)NCc1ccccc1. The third kappa shape index (κ3) is 4.92. The fourth-order valence-corrected chi connectivity index (χ4v) is 2.22. The van der Waals surface area contributed by atoms with Gasteiger partial charge in [-0.05, 0) is 12.5 Å². The minimum atomic E-state index is -0.520. The maximum absolute atomic E-state index is 11.8. The van der Waals surface area contributed by atoms with Crippen molar-refractivity contribution >= 4 is 23.7 Å². The summed E-state index contributed by atoms with van der Waals surface area (Å²) < 4.78 is 0. The number of urea groups is 1. The lowest BCUT2D eigenvalue weighted by molar-refractivity contribution is -0.119. The Bertz CT molecular complexity index is 588. The van der Waals surface area contributed by atoms with E-state index in [1.807, 2.05) is 30.3 Å². The number of H-pyrrole nitrogens is 1. The van der Waals surface area contributed by atoms with Gasteiger partial charge in [0.2, 0.25) is 5.91 Å². The summed E-state index contributed by atoms with van der Waals surface area (Å²) in [5.74, 6) is -0.387. The second kappa shape index (κ2) is 7.44. The number of nitrogens with one attached hydrogen (secondary N) is 3. The van der Waals surface area contributed by atoms with Crippen molar-refractivity contribution < 1.29 is 9.59 Å². The summed E-state index contributed by atoms with van der Waals surface area (Å²) in [6.45, 7) is 2.05. The van der Waals surface area contributed by atoms with Crippen LogP contribution in [0.4, 0.5) is 4.79 Å². The van der Waals surface area contributed by atoms with Gasteiger partial charge < -0.3 is 5.32 Å². The highest BCUT2D eigenvalue weighted by molar-refractivity contribution is 8.00. The minimum absolute atomic E-state index is 0.365. The monoisotopic (exact) mass is 305 g/mol. The van der Waals surface area contributed by atoms with E-state index >= 15 is 0 Å². The first kappa shape index (κ1) is 15.0. The molecule has 1 aromatic heterocycles. The second-order valence-electron chi connectivity index (χ2n) is 4.21. The van der Waals surface area contributed by atoms with Gasteiger partial charge >= 0.3 is 6.03 Å². The van der Waals surface area contributed by atoms with E-state index in [0.29, 0.717) is 11.7 Å². The Morgan fingerprint density at radius 1 is 1.33 bits per heavy atom. The van der Waals surface area contributed by atoms with E-state index in [4.69, 9.17) is 0 Å². The quantitative estimate of drug-likeness (QED) is 0.723. The van der Waals surface area contributed by atoms with Crippen LogP contribution in [0.25, 0.3) is 0 Å². The Balaban J connectivity index is 1.75. The van der Waals surface area contributed by atoms with Crippen LogP contribution in [0.5, 0.6) is 0 Å². The van der Waals surface area contributed by atoms with Gasteiger partial charge in [-0.25, -0.2) is 9.78 Å². The van der Waals surface area contributed by atoms with Crippen molar-refractivity contribution in [1.82, 2.24) is 25.8 Å². The number of carbonyl (C=O) groups excluding carboxylic acids is 2. The van der Waals surface area contributed by atoms with Gasteiger partial charge in [0, 0.05) is 6.54 Å². The van der Waals surface area contributed by atoms with Crippen molar-refractivity contribution in [2.45, 2.75) is 23.9 Å². The number of benzene rings is 1. The number of carbonyl (C=O) groups is 2. The summed E-state index contributed by atoms with van der Waals surface area (Å²) in [4.78, 5) is 27.4. The van der Waals surface area contributed by atoms with Gasteiger partial charge in [-0.1, -0.05) is 42.1 Å². The number of rotatable bonds is 5. The van der Waals surface area contributed by atoms with Gasteiger partial charge in [-0.2, -0.15) is 5.10 Å². The van der Waals surface area contributed by atoms with E-state index in [2.05, 4.69) is 25.8 Å². The zero-order chi connectivity index (χ0) is 15.1. The number of thioether (sulfide) groups is 1. The van der Waals surface area contributed by atoms with Crippen LogP contribution >= 0.6 is 11.8 Å². The van der Waals surface area contributed by atoms with Crippen molar-refractivity contribution in [3.8, 4) is 0 Å². The molecule has 2 aromatic rings. The van der Waals surface area contributed by atoms with Crippen molar-refractivity contribution in [2.75, 3.05) is 0 Å². The lowest BCUT2D eigenvalue weighted by atomic mass is 10.2. The number of hydrogen-bond acceptors (Lipinski definition) is 5. The third-order valence-corrected chi connectivity index (χ3v) is 3.57. The summed E-state index contributed by atoms with van der Waals surface area (Å²) in [5.41, 5.74) is 0.962. The molecule has 0 saturated heterocycles. The Morgan fingerprint density at radius 2 is 2.10 bits per heavy atom. The first-order valence-corrected chi connectivity index (χ1v) is 7.18. The van der Waals surface area contributed by atoms with E-state index < -0.39 is 11.3 Å². The highest BCUT2D eigenvalue weighted by Crippen LogP contribution is 2.17. The number of aromatic nitrogens is 3. The van der Waals surface area contributed by atoms with Gasteiger partial charge in [0.1, 0.15) is 6.33 Å². The molecule has 1 unspecified atom stereocenters. The average Bonchev–Trinajstić information content (AvgIpc) is 2.99. The smallest absolute Gasteiger partial charge is 0.321 e. The predicted molar refractivity (Wildman–Crippen MR) is 78.5 cm³/mol. The van der Waals surface area contributed by atoms with E-state index in [1.54, 1.807) is 6.92 Å². The zero-order valence-electron chi connectivity index (χ0n) is 11.4. The fraction of sp³-hybridized carbons (Fsp3) is 0.231. The van der Waals surface area contributed by atoms with Crippen LogP contribution < -0.4 is 10.6 Å². The summed E-state index contributed by atoms with van der Waals surface area (Å²) in [7, 11) is 0. The molecule has 0 saturated carbocycles. The van der Waals surface area contributed by atoms with E-state index in [0.717, 1.165) is 5.56 Å². The first-order chi connectivity index (χ1) is 10.1. The van der Waals surface area contributed by atoms with Gasteiger partial charge in [0.25, 0.3) is 0 Å². The molecule has 0 radical (unpaired) electrons. The number of imide groups is 1. The van der Waals surface area contributed by atoms with Crippen molar-refractivity contribution in [3.63, 3.8) is 0 Å². The van der Waals surface area contributed by atoms with Crippen molar-refractivity contribution in [1.29, 1.82) is 0 Å². The topological polar surface area (TPSA) is 99.8 Å². The van der Waals surface area contributed by atoms with Crippen molar-refractivity contribution in [3.05, 3.63) is 42.2 Å². The van der Waals surface area contributed by atoms with Crippen LogP contribution in [0.1, 0.15) is 12.5 Å². The summed E-state index contributed by atoms with van der Waals surface area (Å²) in [6, 6.07) is 8.94. The maximum atomic E-state index is 11.8. The normalized spacial score (nSPS) is 11.7. The molecule has 21 heavy (non-hydrogen) atoms. The Morgan fingerprint density at radius 3 is 2.76 bits per heavy atom. The highest BCUT2D eigenvalue weighted by Gasteiger charge is 2.18. The fourth-order valence-electron chi connectivity index (χ4n) is 1.51. The molecule has 1 atom stereocenters. The van der Waals surface area contributed by atoms with Crippen molar-refractivity contribution in [2.24, 2.45) is 0 Å². The van der Waals surface area contributed by atoms with Gasteiger partial charge in [-0.3, -0.25) is 15.2 Å². The average molecular weight is 305 g/mol. The molecule has 2 rings (SSSR count). The molecule has 3 N–H and O–H groups in total. The Kier molecular flexibility index (Phi) is 5.33. The molecule has 0 aliphatic carbocycles. The highest BCUT2D eigenvalue weighted by atomic mass is 32.2. The summed E-state index contributed by atoms with van der Waals surface area (Å²) in [5, 5.41) is 11.3. The van der Waals surface area contributed by atoms with Crippen LogP contribution in [0.2, 0.25) is 0 Å². The lowest BCUT2D eigenvalue weighted by Crippen LogP contribution is -2.42. The molecule has 1 aromatic carbocycles. The van der Waals surface area contributed by atoms with E-state index in [1.165, 1.54) is 18.1 Å². The number of hydrogen-bond donors (Lipinski definition) is 3. The van der Waals surface area contributed by atoms with Crippen LogP contribution in [-0.2, 0) is 11.3 Å². The van der Waals surface area contributed by atoms with E-state index in [9.17, 15) is 9.59 Å². The number of aromatic amines is 1. The molecule has 0 bridgehead atoms. The molecule has 0 aliphatic rings. The molecule has 8 heteroatoms. The first-order valence-electron chi connectivity index (χ1n) is 6.30. The molecule has 3 amide bonds. The van der Waals surface area contributed by atoms with Crippen LogP contribution in [-0.4, -0.2) is 32.4 Å². The molecule has 0 aliphatic heterocycles. The summed E-state index contributed by atoms with van der Waals surface area (Å²) >= 11 is 1.19. The molecular weight excluding hydrogens is 290 g/mol. The van der Waals surface area contributed by atoms with Gasteiger partial charge in [0.15, 0.2) is 5.16 Å². The predicted octanol–water partition coefficient (Wildman–Crippen LogP) is 1.31. The van der Waals surface area contributed by atoms with Crippen LogP contribution in [0.3, 0.4) is 0 Å².